The molecule has 0 fully saturated rings. The molecule has 1 aromatic carbocycles. The van der Waals surface area contributed by atoms with Gasteiger partial charge in [-0.25, -0.2) is 0 Å². The van der Waals surface area contributed by atoms with Gasteiger partial charge in [-0.1, -0.05) is 23.2 Å². The Balaban J connectivity index is 2.95. The predicted octanol–water partition coefficient (Wildman–Crippen LogP) is 3.07. The number of Topliss-reactive ketones (excluding diaryl/α,β-unsaturated/α-hetero) is 1. The third-order valence-electron chi connectivity index (χ3n) is 2.93. The Labute approximate surface area is 150 Å². The van der Waals surface area contributed by atoms with Crippen LogP contribution in [-0.4, -0.2) is 37.0 Å². The van der Waals surface area contributed by atoms with Crippen molar-refractivity contribution in [2.24, 2.45) is 5.92 Å². The van der Waals surface area contributed by atoms with Gasteiger partial charge in [-0.15, -0.1) is 0 Å². The molecular formula is C16H18Cl2O6. The third kappa shape index (κ3) is 5.39. The van der Waals surface area contributed by atoms with Gasteiger partial charge in [0.25, 0.3) is 0 Å². The third-order valence-corrected chi connectivity index (χ3v) is 3.46. The first-order valence-electron chi connectivity index (χ1n) is 7.30. The second kappa shape index (κ2) is 9.49. The highest BCUT2D eigenvalue weighted by Crippen LogP contribution is 2.28. The highest BCUT2D eigenvalue weighted by Gasteiger charge is 2.40. The van der Waals surface area contributed by atoms with Crippen LogP contribution < -0.4 is 4.74 Å². The highest BCUT2D eigenvalue weighted by molar-refractivity contribution is 6.35. The summed E-state index contributed by atoms with van der Waals surface area (Å²) in [5.74, 6) is -4.23. The van der Waals surface area contributed by atoms with Crippen molar-refractivity contribution in [2.45, 2.75) is 26.9 Å². The van der Waals surface area contributed by atoms with Crippen molar-refractivity contribution in [3.05, 3.63) is 28.2 Å². The van der Waals surface area contributed by atoms with Crippen molar-refractivity contribution in [3.8, 4) is 5.75 Å². The van der Waals surface area contributed by atoms with Crippen LogP contribution in [0.15, 0.2) is 18.2 Å². The number of halogens is 2. The molecule has 1 rings (SSSR count). The van der Waals surface area contributed by atoms with Crippen molar-refractivity contribution in [3.63, 3.8) is 0 Å². The number of carbonyl (C=O) groups is 3. The molecular weight excluding hydrogens is 359 g/mol. The first kappa shape index (κ1) is 20.3. The summed E-state index contributed by atoms with van der Waals surface area (Å²) in [6.45, 7) is 4.59. The molecule has 0 bridgehead atoms. The first-order chi connectivity index (χ1) is 11.3. The van der Waals surface area contributed by atoms with Gasteiger partial charge in [0, 0.05) is 5.02 Å². The number of ketones is 1. The Bertz CT molecular complexity index is 599. The fourth-order valence-electron chi connectivity index (χ4n) is 1.83. The van der Waals surface area contributed by atoms with Crippen LogP contribution in [0.4, 0.5) is 0 Å². The van der Waals surface area contributed by atoms with Crippen LogP contribution in [0.3, 0.4) is 0 Å². The Kier molecular flexibility index (Phi) is 8.01. The Morgan fingerprint density at radius 3 is 2.04 bits per heavy atom. The van der Waals surface area contributed by atoms with Crippen molar-refractivity contribution >= 4 is 40.9 Å². The van der Waals surface area contributed by atoms with E-state index in [0.29, 0.717) is 5.02 Å². The van der Waals surface area contributed by atoms with Gasteiger partial charge in [0.15, 0.2) is 11.9 Å². The molecule has 24 heavy (non-hydrogen) atoms. The van der Waals surface area contributed by atoms with Gasteiger partial charge in [0.1, 0.15) is 5.75 Å². The van der Waals surface area contributed by atoms with Gasteiger partial charge in [-0.3, -0.25) is 14.4 Å². The van der Waals surface area contributed by atoms with E-state index in [1.165, 1.54) is 25.1 Å². The highest BCUT2D eigenvalue weighted by atomic mass is 35.5. The molecule has 1 atom stereocenters. The minimum Gasteiger partial charge on any atom is -0.481 e. The number of ether oxygens (including phenoxy) is 3. The maximum Gasteiger partial charge on any atom is 0.328 e. The molecule has 0 aromatic heterocycles. The Morgan fingerprint density at radius 2 is 1.58 bits per heavy atom. The van der Waals surface area contributed by atoms with E-state index in [1.54, 1.807) is 13.8 Å². The molecule has 132 valence electrons. The van der Waals surface area contributed by atoms with Gasteiger partial charge >= 0.3 is 11.9 Å². The molecule has 0 amide bonds. The molecule has 0 aliphatic rings. The number of hydrogen-bond acceptors (Lipinski definition) is 6. The normalized spacial score (nSPS) is 11.8. The smallest absolute Gasteiger partial charge is 0.328 e. The molecule has 0 saturated carbocycles. The Morgan fingerprint density at radius 1 is 1.04 bits per heavy atom. The summed E-state index contributed by atoms with van der Waals surface area (Å²) in [4.78, 5) is 36.3. The van der Waals surface area contributed by atoms with E-state index in [2.05, 4.69) is 0 Å². The number of hydrogen-bond donors (Lipinski definition) is 0. The fraction of sp³-hybridized carbons (Fsp3) is 0.438. The van der Waals surface area contributed by atoms with Crippen LogP contribution in [0.1, 0.15) is 20.8 Å². The van der Waals surface area contributed by atoms with Gasteiger partial charge in [-0.2, -0.15) is 0 Å². The van der Waals surface area contributed by atoms with Crippen LogP contribution in [0.5, 0.6) is 5.75 Å². The average Bonchev–Trinajstić information content (AvgIpc) is 2.50. The molecule has 0 spiro atoms. The lowest BCUT2D eigenvalue weighted by Gasteiger charge is -2.19. The van der Waals surface area contributed by atoms with Crippen LogP contribution in [0.25, 0.3) is 0 Å². The maximum absolute atomic E-state index is 12.5. The number of benzene rings is 1. The molecule has 0 heterocycles. The predicted molar refractivity (Wildman–Crippen MR) is 88.3 cm³/mol. The lowest BCUT2D eigenvalue weighted by molar-refractivity contribution is -0.165. The summed E-state index contributed by atoms with van der Waals surface area (Å²) in [6, 6.07) is 4.47. The minimum atomic E-state index is -1.70. The summed E-state index contributed by atoms with van der Waals surface area (Å²) in [6.07, 6.45) is -1.12. The molecule has 0 saturated heterocycles. The number of carbonyl (C=O) groups excluding carboxylic acids is 3. The zero-order chi connectivity index (χ0) is 18.3. The average molecular weight is 377 g/mol. The quantitative estimate of drug-likeness (QED) is 0.512. The van der Waals surface area contributed by atoms with Crippen LogP contribution in [-0.2, 0) is 23.9 Å². The summed E-state index contributed by atoms with van der Waals surface area (Å²) < 4.78 is 15.0. The molecule has 1 aromatic rings. The lowest BCUT2D eigenvalue weighted by Crippen LogP contribution is -2.41. The van der Waals surface area contributed by atoms with Gasteiger partial charge in [0.2, 0.25) is 5.92 Å². The van der Waals surface area contributed by atoms with E-state index in [0.717, 1.165) is 0 Å². The van der Waals surface area contributed by atoms with E-state index < -0.39 is 29.7 Å². The summed E-state index contributed by atoms with van der Waals surface area (Å²) in [5.41, 5.74) is 0. The Hall–Kier alpha value is -1.79. The van der Waals surface area contributed by atoms with E-state index >= 15 is 0 Å². The van der Waals surface area contributed by atoms with Crippen molar-refractivity contribution in [1.82, 2.24) is 0 Å². The van der Waals surface area contributed by atoms with Crippen molar-refractivity contribution in [2.75, 3.05) is 13.2 Å². The summed E-state index contributed by atoms with van der Waals surface area (Å²) in [7, 11) is 0. The SMILES string of the molecule is CCOC(=O)C(C(=O)OCC)C(=O)C(C)Oc1ccc(Cl)cc1Cl. The molecule has 6 nitrogen and oxygen atoms in total. The van der Waals surface area contributed by atoms with Crippen LogP contribution in [0.2, 0.25) is 10.0 Å². The molecule has 8 heteroatoms. The molecule has 1 unspecified atom stereocenters. The van der Waals surface area contributed by atoms with E-state index in [-0.39, 0.29) is 24.0 Å². The second-order valence-corrected chi connectivity index (χ2v) is 5.52. The minimum absolute atomic E-state index is 0.0280. The monoisotopic (exact) mass is 376 g/mol. The zero-order valence-electron chi connectivity index (χ0n) is 13.5. The topological polar surface area (TPSA) is 78.9 Å². The molecule has 0 aliphatic carbocycles. The first-order valence-corrected chi connectivity index (χ1v) is 8.06. The van der Waals surface area contributed by atoms with Gasteiger partial charge in [0.05, 0.1) is 18.2 Å². The van der Waals surface area contributed by atoms with Gasteiger partial charge in [-0.05, 0) is 39.0 Å². The van der Waals surface area contributed by atoms with E-state index in [1.807, 2.05) is 0 Å². The maximum atomic E-state index is 12.5. The number of rotatable bonds is 8. The lowest BCUT2D eigenvalue weighted by atomic mass is 10.0. The molecule has 0 radical (unpaired) electrons. The van der Waals surface area contributed by atoms with Gasteiger partial charge < -0.3 is 14.2 Å². The van der Waals surface area contributed by atoms with Crippen LogP contribution >= 0.6 is 23.2 Å². The largest absolute Gasteiger partial charge is 0.481 e. The van der Waals surface area contributed by atoms with Crippen LogP contribution in [0, 0.1) is 5.92 Å². The second-order valence-electron chi connectivity index (χ2n) is 4.67. The standard InChI is InChI=1S/C16H18Cl2O6/c1-4-22-15(20)13(16(21)23-5-2)14(19)9(3)24-12-7-6-10(17)8-11(12)18/h6-9,13H,4-5H2,1-3H3. The van der Waals surface area contributed by atoms with Crippen molar-refractivity contribution < 1.29 is 28.6 Å². The number of esters is 2. The summed E-state index contributed by atoms with van der Waals surface area (Å²) in [5, 5.41) is 0.605. The molecule has 0 N–H and O–H groups in total. The fourth-order valence-corrected chi connectivity index (χ4v) is 2.29. The summed E-state index contributed by atoms with van der Waals surface area (Å²) >= 11 is 11.8. The molecule has 0 aliphatic heterocycles. The van der Waals surface area contributed by atoms with Crippen molar-refractivity contribution in [1.29, 1.82) is 0 Å². The van der Waals surface area contributed by atoms with E-state index in [4.69, 9.17) is 37.4 Å². The zero-order valence-corrected chi connectivity index (χ0v) is 15.0. The van der Waals surface area contributed by atoms with E-state index in [9.17, 15) is 14.4 Å².